The molecule has 75 heavy (non-hydrogen) atoms. The van der Waals surface area contributed by atoms with E-state index in [1.807, 2.05) is 133 Å². The summed E-state index contributed by atoms with van der Waals surface area (Å²) in [6.45, 7) is 0. The van der Waals surface area contributed by atoms with Gasteiger partial charge < -0.3 is 0 Å². The predicted octanol–water partition coefficient (Wildman–Crippen LogP) is 9.36. The van der Waals surface area contributed by atoms with Gasteiger partial charge in [0.2, 0.25) is 9.84 Å². The highest BCUT2D eigenvalue weighted by atomic mass is 32.2. The van der Waals surface area contributed by atoms with Gasteiger partial charge in [-0.25, -0.2) is 18.2 Å². The second-order valence-electron chi connectivity index (χ2n) is 18.2. The molecule has 8 nitrogen and oxygen atoms in total. The van der Waals surface area contributed by atoms with Gasteiger partial charge in [-0.15, -0.1) is 0 Å². The molecular formula is C64H44N2O6P2S+2. The van der Waals surface area contributed by atoms with Gasteiger partial charge in [0.1, 0.15) is 57.0 Å². The number of anilines is 2. The molecule has 4 amide bonds. The molecule has 0 N–H and O–H groups in total. The topological polar surface area (TPSA) is 109 Å². The Morgan fingerprint density at radius 1 is 0.253 bits per heavy atom. The van der Waals surface area contributed by atoms with E-state index in [1.165, 1.54) is 48.5 Å². The van der Waals surface area contributed by atoms with Crippen LogP contribution in [0.2, 0.25) is 0 Å². The van der Waals surface area contributed by atoms with Crippen molar-refractivity contribution in [3.63, 3.8) is 0 Å². The highest BCUT2D eigenvalue weighted by Crippen LogP contribution is 2.56. The molecule has 10 aromatic carbocycles. The van der Waals surface area contributed by atoms with Crippen LogP contribution in [-0.2, 0) is 9.84 Å². The van der Waals surface area contributed by atoms with E-state index < -0.39 is 48.0 Å². The van der Waals surface area contributed by atoms with Crippen molar-refractivity contribution in [2.24, 2.45) is 0 Å². The monoisotopic (exact) mass is 1030 g/mol. The number of hydrogen-bond donors (Lipinski definition) is 0. The van der Waals surface area contributed by atoms with Gasteiger partial charge in [-0.1, -0.05) is 109 Å². The minimum Gasteiger partial charge on any atom is -0.268 e. The van der Waals surface area contributed by atoms with Crippen LogP contribution in [0.15, 0.2) is 277 Å². The lowest BCUT2D eigenvalue weighted by Crippen LogP contribution is -2.38. The normalized spacial score (nSPS) is 13.5. The summed E-state index contributed by atoms with van der Waals surface area (Å²) in [6.07, 6.45) is 0. The predicted molar refractivity (Wildman–Crippen MR) is 303 cm³/mol. The first-order chi connectivity index (χ1) is 36.6. The molecule has 12 rings (SSSR count). The number of nitrogens with zero attached hydrogens (tertiary/aromatic N) is 2. The third-order valence-corrected chi connectivity index (χ3v) is 24.5. The summed E-state index contributed by atoms with van der Waals surface area (Å²) < 4.78 is 28.4. The van der Waals surface area contributed by atoms with Crippen LogP contribution >= 0.6 is 14.5 Å². The van der Waals surface area contributed by atoms with Crippen LogP contribution in [0.25, 0.3) is 0 Å². The van der Waals surface area contributed by atoms with Crippen LogP contribution in [-0.4, -0.2) is 32.0 Å². The zero-order valence-electron chi connectivity index (χ0n) is 40.1. The summed E-state index contributed by atoms with van der Waals surface area (Å²) in [7, 11) is -9.31. The Bertz CT molecular complexity index is 3510. The lowest BCUT2D eigenvalue weighted by atomic mass is 10.1. The highest BCUT2D eigenvalue weighted by Gasteiger charge is 2.51. The number of carbonyl (C=O) groups is 4. The molecule has 0 saturated heterocycles. The van der Waals surface area contributed by atoms with Gasteiger partial charge >= 0.3 is 0 Å². The van der Waals surface area contributed by atoms with E-state index in [4.69, 9.17) is 0 Å². The third-order valence-electron chi connectivity index (χ3n) is 14.2. The molecule has 360 valence electrons. The van der Waals surface area contributed by atoms with E-state index in [9.17, 15) is 27.6 Å². The average molecular weight is 1030 g/mol. The summed E-state index contributed by atoms with van der Waals surface area (Å²) in [4.78, 5) is 59.2. The summed E-state index contributed by atoms with van der Waals surface area (Å²) in [5.74, 6) is -2.04. The standard InChI is InChI=1S/C64H44N2O6P2S/c67-61-57-41-35-53(73(47-19-7-1-8-20-47,48-21-9-2-10-22-48)49-23-11-3-12-24-49)43-59(57)63(69)65(61)45-31-37-55(38-32-45)75(71,72)56-39-33-46(34-40-56)66-62(68)58-42-36-54(44-60(58)64(66)70)74(50-25-13-4-14-26-50,51-27-15-5-16-28-51)52-29-17-6-18-30-52/h1-44H/q+2. The van der Waals surface area contributed by atoms with E-state index in [1.54, 1.807) is 12.1 Å². The van der Waals surface area contributed by atoms with Gasteiger partial charge in [-0.2, -0.15) is 0 Å². The maximum Gasteiger partial charge on any atom is 0.266 e. The molecule has 0 unspecified atom stereocenters. The smallest absolute Gasteiger partial charge is 0.266 e. The van der Waals surface area contributed by atoms with Gasteiger partial charge in [0.05, 0.1) is 43.4 Å². The molecule has 11 heteroatoms. The summed E-state index contributed by atoms with van der Waals surface area (Å²) in [5.41, 5.74) is 1.48. The summed E-state index contributed by atoms with van der Waals surface area (Å²) in [5, 5.41) is 8.37. The van der Waals surface area contributed by atoms with E-state index in [0.717, 1.165) is 52.2 Å². The van der Waals surface area contributed by atoms with Crippen LogP contribution in [0.3, 0.4) is 0 Å². The lowest BCUT2D eigenvalue weighted by Gasteiger charge is -2.27. The third kappa shape index (κ3) is 7.62. The Hall–Kier alpha value is -8.71. The fourth-order valence-electron chi connectivity index (χ4n) is 10.7. The van der Waals surface area contributed by atoms with Gasteiger partial charge in [0, 0.05) is 0 Å². The quantitative estimate of drug-likeness (QED) is 0.0892. The highest BCUT2D eigenvalue weighted by molar-refractivity contribution is 8.02. The van der Waals surface area contributed by atoms with E-state index in [-0.39, 0.29) is 43.4 Å². The van der Waals surface area contributed by atoms with Crippen LogP contribution in [0, 0.1) is 0 Å². The Balaban J connectivity index is 0.824. The second kappa shape index (κ2) is 19.0. The fraction of sp³-hybridized carbons (Fsp3) is 0. The fourth-order valence-corrected chi connectivity index (χ4v) is 20.5. The minimum absolute atomic E-state index is 0.0728. The average Bonchev–Trinajstić information content (AvgIpc) is 3.88. The Morgan fingerprint density at radius 2 is 0.493 bits per heavy atom. The lowest BCUT2D eigenvalue weighted by molar-refractivity contribution is 0.0910. The SMILES string of the molecule is O=C1c2ccc([P+](c3ccccc3)(c3ccccc3)c3ccccc3)cc2C(=O)N1c1ccc(S(=O)(=O)c2ccc(N3C(=O)c4ccc([P+](c5ccccc5)(c5ccccc5)c5ccccc5)cc4C3=O)cc2)cc1. The molecule has 0 radical (unpaired) electrons. The molecule has 0 atom stereocenters. The molecule has 0 saturated carbocycles. The Labute approximate surface area is 435 Å². The summed E-state index contributed by atoms with van der Waals surface area (Å²) in [6, 6.07) is 83.8. The number of benzene rings is 10. The van der Waals surface area contributed by atoms with Crippen LogP contribution < -0.4 is 52.2 Å². The zero-order valence-corrected chi connectivity index (χ0v) is 42.7. The molecule has 0 aromatic heterocycles. The maximum absolute atomic E-state index is 14.4. The molecule has 2 aliphatic rings. The number of imide groups is 2. The largest absolute Gasteiger partial charge is 0.268 e. The first-order valence-electron chi connectivity index (χ1n) is 24.3. The Morgan fingerprint density at radius 3 is 0.747 bits per heavy atom. The van der Waals surface area contributed by atoms with Crippen molar-refractivity contribution in [3.05, 3.63) is 289 Å². The van der Waals surface area contributed by atoms with Gasteiger partial charge in [-0.3, -0.25) is 19.2 Å². The zero-order chi connectivity index (χ0) is 51.3. The number of sulfone groups is 1. The number of fused-ring (bicyclic) bond motifs is 2. The van der Waals surface area contributed by atoms with Gasteiger partial charge in [-0.05, 0) is 158 Å². The number of amides is 4. The van der Waals surface area contributed by atoms with E-state index in [2.05, 4.69) is 72.8 Å². The number of rotatable bonds is 12. The number of hydrogen-bond acceptors (Lipinski definition) is 6. The van der Waals surface area contributed by atoms with Crippen molar-refractivity contribution in [3.8, 4) is 0 Å². The van der Waals surface area contributed by atoms with Crippen molar-refractivity contribution in [1.82, 2.24) is 0 Å². The van der Waals surface area contributed by atoms with Crippen LogP contribution in [0.4, 0.5) is 11.4 Å². The van der Waals surface area contributed by atoms with Gasteiger partial charge in [0.25, 0.3) is 23.6 Å². The Kier molecular flexibility index (Phi) is 12.0. The van der Waals surface area contributed by atoms with Crippen molar-refractivity contribution >= 4 is 102 Å². The first kappa shape index (κ1) is 47.3. The first-order valence-corrected chi connectivity index (χ1v) is 29.3. The molecule has 2 heterocycles. The molecule has 0 fully saturated rings. The molecule has 0 spiro atoms. The number of carbonyl (C=O) groups excluding carboxylic acids is 4. The van der Waals surface area contributed by atoms with Gasteiger partial charge in [0.15, 0.2) is 0 Å². The van der Waals surface area contributed by atoms with Crippen molar-refractivity contribution in [1.29, 1.82) is 0 Å². The van der Waals surface area contributed by atoms with Crippen molar-refractivity contribution in [2.75, 3.05) is 9.80 Å². The van der Waals surface area contributed by atoms with Crippen molar-refractivity contribution < 1.29 is 27.6 Å². The molecule has 0 aliphatic carbocycles. The van der Waals surface area contributed by atoms with Crippen LogP contribution in [0.1, 0.15) is 41.4 Å². The van der Waals surface area contributed by atoms with E-state index in [0.29, 0.717) is 0 Å². The van der Waals surface area contributed by atoms with Crippen LogP contribution in [0.5, 0.6) is 0 Å². The minimum atomic E-state index is -4.15. The maximum atomic E-state index is 14.4. The van der Waals surface area contributed by atoms with E-state index >= 15 is 0 Å². The second-order valence-corrected chi connectivity index (χ2v) is 27.0. The molecule has 10 aromatic rings. The van der Waals surface area contributed by atoms with Crippen molar-refractivity contribution in [2.45, 2.75) is 9.79 Å². The molecule has 0 bridgehead atoms. The summed E-state index contributed by atoms with van der Waals surface area (Å²) >= 11 is 0. The molecule has 2 aliphatic heterocycles. The molecular weight excluding hydrogens is 987 g/mol.